The van der Waals surface area contributed by atoms with Crippen molar-refractivity contribution in [2.75, 3.05) is 24.5 Å². The second-order valence-electron chi connectivity index (χ2n) is 7.89. The van der Waals surface area contributed by atoms with Gasteiger partial charge >= 0.3 is 6.03 Å². The fourth-order valence-electron chi connectivity index (χ4n) is 4.33. The molecule has 2 saturated heterocycles. The molecule has 2 aromatic rings. The number of nitrogens with zero attached hydrogens (tertiary/aromatic N) is 3. The van der Waals surface area contributed by atoms with Crippen molar-refractivity contribution in [1.82, 2.24) is 15.2 Å². The molecule has 0 aliphatic carbocycles. The zero-order valence-electron chi connectivity index (χ0n) is 16.9. The van der Waals surface area contributed by atoms with E-state index in [9.17, 15) is 9.59 Å². The number of nitrogens with one attached hydrogen (secondary N) is 1. The first kappa shape index (κ1) is 19.4. The third-order valence-electron chi connectivity index (χ3n) is 5.95. The number of anilines is 1. The van der Waals surface area contributed by atoms with Gasteiger partial charge in [0.15, 0.2) is 0 Å². The highest BCUT2D eigenvalue weighted by Gasteiger charge is 2.29. The second kappa shape index (κ2) is 8.64. The molecule has 4 rings (SSSR count). The molecule has 6 nitrogen and oxygen atoms in total. The van der Waals surface area contributed by atoms with Gasteiger partial charge in [0.2, 0.25) is 0 Å². The molecule has 29 heavy (non-hydrogen) atoms. The van der Waals surface area contributed by atoms with Crippen LogP contribution in [0.1, 0.15) is 47.3 Å². The maximum absolute atomic E-state index is 13.4. The summed E-state index contributed by atoms with van der Waals surface area (Å²) in [5, 5.41) is 2.83. The van der Waals surface area contributed by atoms with Crippen molar-refractivity contribution in [2.24, 2.45) is 0 Å². The lowest BCUT2D eigenvalue weighted by molar-refractivity contribution is 0.0601. The van der Waals surface area contributed by atoms with Gasteiger partial charge in [0.05, 0.1) is 0 Å². The molecule has 1 aromatic heterocycles. The quantitative estimate of drug-likeness (QED) is 0.846. The van der Waals surface area contributed by atoms with Crippen LogP contribution in [-0.4, -0.2) is 47.5 Å². The first-order valence-corrected chi connectivity index (χ1v) is 10.5. The third kappa shape index (κ3) is 4.26. The smallest absolute Gasteiger partial charge is 0.322 e. The average molecular weight is 393 g/mol. The first-order valence-electron chi connectivity index (χ1n) is 10.5. The number of rotatable bonds is 5. The number of carbonyl (C=O) groups excluding carboxylic acids is 2. The predicted octanol–water partition coefficient (Wildman–Crippen LogP) is 3.55. The molecule has 3 heterocycles. The van der Waals surface area contributed by atoms with Crippen LogP contribution in [0, 0.1) is 6.92 Å². The van der Waals surface area contributed by atoms with Gasteiger partial charge in [-0.15, -0.1) is 0 Å². The molecule has 1 aromatic carbocycles. The predicted molar refractivity (Wildman–Crippen MR) is 113 cm³/mol. The van der Waals surface area contributed by atoms with E-state index in [0.717, 1.165) is 55.6 Å². The van der Waals surface area contributed by atoms with Crippen LogP contribution in [0.2, 0.25) is 0 Å². The fraction of sp³-hybridized carbons (Fsp3) is 0.435. The summed E-state index contributed by atoms with van der Waals surface area (Å²) in [6.45, 7) is 4.04. The van der Waals surface area contributed by atoms with Gasteiger partial charge in [0.25, 0.3) is 5.91 Å². The normalized spacial score (nSPS) is 19.3. The monoisotopic (exact) mass is 392 g/mol. The van der Waals surface area contributed by atoms with Crippen molar-refractivity contribution in [3.63, 3.8) is 0 Å². The van der Waals surface area contributed by atoms with Crippen molar-refractivity contribution >= 4 is 17.6 Å². The second-order valence-corrected chi connectivity index (χ2v) is 7.89. The van der Waals surface area contributed by atoms with Crippen LogP contribution in [0.5, 0.6) is 0 Å². The lowest BCUT2D eigenvalue weighted by atomic mass is 9.95. The Balaban J connectivity index is 1.51. The lowest BCUT2D eigenvalue weighted by Crippen LogP contribution is -2.44. The van der Waals surface area contributed by atoms with Crippen LogP contribution in [0.3, 0.4) is 0 Å². The number of aryl methyl sites for hydroxylation is 2. The molecule has 152 valence electrons. The molecule has 2 aliphatic rings. The van der Waals surface area contributed by atoms with E-state index < -0.39 is 0 Å². The van der Waals surface area contributed by atoms with Gasteiger partial charge < -0.3 is 10.2 Å². The molecule has 0 spiro atoms. The number of pyridine rings is 1. The molecule has 2 aliphatic heterocycles. The minimum Gasteiger partial charge on any atom is -0.336 e. The van der Waals surface area contributed by atoms with Gasteiger partial charge in [-0.05, 0) is 68.9 Å². The molecule has 0 saturated carbocycles. The molecule has 0 unspecified atom stereocenters. The van der Waals surface area contributed by atoms with E-state index >= 15 is 0 Å². The Morgan fingerprint density at radius 3 is 2.86 bits per heavy atom. The van der Waals surface area contributed by atoms with Crippen LogP contribution in [0.25, 0.3) is 0 Å². The number of urea groups is 1. The van der Waals surface area contributed by atoms with E-state index in [1.54, 1.807) is 4.90 Å². The van der Waals surface area contributed by atoms with E-state index in [1.807, 2.05) is 54.4 Å². The standard InChI is InChI=1S/C23H28N4O2/c1-17-8-9-18(16-21(17)27-15-13-25-23(27)29)22(28)26-14-5-3-7-20(26)11-10-19-6-2-4-12-24-19/h2,4,6,8-9,12,16,20H,3,5,7,10-11,13-15H2,1H3,(H,25,29)/t20-/m1/s1. The Labute approximate surface area is 171 Å². The van der Waals surface area contributed by atoms with Crippen molar-refractivity contribution in [2.45, 2.75) is 45.1 Å². The summed E-state index contributed by atoms with van der Waals surface area (Å²) in [4.78, 5) is 33.6. The lowest BCUT2D eigenvalue weighted by Gasteiger charge is -2.36. The number of amides is 3. The van der Waals surface area contributed by atoms with Gasteiger partial charge in [0, 0.05) is 48.8 Å². The average Bonchev–Trinajstić information content (AvgIpc) is 3.19. The summed E-state index contributed by atoms with van der Waals surface area (Å²) in [5.41, 5.74) is 3.56. The molecule has 0 radical (unpaired) electrons. The summed E-state index contributed by atoms with van der Waals surface area (Å²) in [6.07, 6.45) is 6.86. The number of aromatic nitrogens is 1. The molecule has 3 amide bonds. The molecular weight excluding hydrogens is 364 g/mol. The zero-order valence-corrected chi connectivity index (χ0v) is 16.9. The van der Waals surface area contributed by atoms with E-state index in [0.29, 0.717) is 18.7 Å². The molecule has 6 heteroatoms. The molecule has 0 bridgehead atoms. The Hall–Kier alpha value is -2.89. The minimum atomic E-state index is -0.0936. The van der Waals surface area contributed by atoms with Crippen LogP contribution in [0.15, 0.2) is 42.6 Å². The Morgan fingerprint density at radius 1 is 1.21 bits per heavy atom. The topological polar surface area (TPSA) is 65.5 Å². The number of benzene rings is 1. The maximum Gasteiger partial charge on any atom is 0.322 e. The van der Waals surface area contributed by atoms with Gasteiger partial charge in [-0.25, -0.2) is 4.79 Å². The van der Waals surface area contributed by atoms with Crippen LogP contribution >= 0.6 is 0 Å². The van der Waals surface area contributed by atoms with Crippen molar-refractivity contribution in [3.8, 4) is 0 Å². The number of piperidine rings is 1. The van der Waals surface area contributed by atoms with Crippen LogP contribution in [-0.2, 0) is 6.42 Å². The van der Waals surface area contributed by atoms with Gasteiger partial charge in [-0.1, -0.05) is 12.1 Å². The highest BCUT2D eigenvalue weighted by molar-refractivity contribution is 5.99. The van der Waals surface area contributed by atoms with E-state index in [-0.39, 0.29) is 18.0 Å². The number of carbonyl (C=O) groups is 2. The molecule has 1 atom stereocenters. The SMILES string of the molecule is Cc1ccc(C(=O)N2CCCC[C@@H]2CCc2ccccn2)cc1N1CCNC1=O. The number of hydrogen-bond acceptors (Lipinski definition) is 3. The third-order valence-corrected chi connectivity index (χ3v) is 5.95. The zero-order chi connectivity index (χ0) is 20.2. The number of likely N-dealkylation sites (tertiary alicyclic amines) is 1. The Kier molecular flexibility index (Phi) is 5.79. The summed E-state index contributed by atoms with van der Waals surface area (Å²) >= 11 is 0. The summed E-state index contributed by atoms with van der Waals surface area (Å²) in [5.74, 6) is 0.0663. The van der Waals surface area contributed by atoms with E-state index in [1.165, 1.54) is 0 Å². The van der Waals surface area contributed by atoms with Crippen molar-refractivity contribution < 1.29 is 9.59 Å². The van der Waals surface area contributed by atoms with E-state index in [2.05, 4.69) is 10.3 Å². The van der Waals surface area contributed by atoms with Crippen molar-refractivity contribution in [1.29, 1.82) is 0 Å². The van der Waals surface area contributed by atoms with E-state index in [4.69, 9.17) is 0 Å². The van der Waals surface area contributed by atoms with Crippen molar-refractivity contribution in [3.05, 3.63) is 59.4 Å². The van der Waals surface area contributed by atoms with Gasteiger partial charge in [-0.2, -0.15) is 0 Å². The number of hydrogen-bond donors (Lipinski definition) is 1. The fourth-order valence-corrected chi connectivity index (χ4v) is 4.33. The Bertz CT molecular complexity index is 884. The summed E-state index contributed by atoms with van der Waals surface area (Å²) in [6, 6.07) is 11.8. The van der Waals surface area contributed by atoms with Crippen LogP contribution < -0.4 is 10.2 Å². The summed E-state index contributed by atoms with van der Waals surface area (Å²) in [7, 11) is 0. The largest absolute Gasteiger partial charge is 0.336 e. The maximum atomic E-state index is 13.4. The van der Waals surface area contributed by atoms with Gasteiger partial charge in [-0.3, -0.25) is 14.7 Å². The molecule has 2 fully saturated rings. The van der Waals surface area contributed by atoms with Crippen LogP contribution in [0.4, 0.5) is 10.5 Å². The van der Waals surface area contributed by atoms with Gasteiger partial charge in [0.1, 0.15) is 0 Å². The minimum absolute atomic E-state index is 0.0663. The molecule has 1 N–H and O–H groups in total. The summed E-state index contributed by atoms with van der Waals surface area (Å²) < 4.78 is 0. The highest BCUT2D eigenvalue weighted by atomic mass is 16.2. The Morgan fingerprint density at radius 2 is 2.10 bits per heavy atom. The highest BCUT2D eigenvalue weighted by Crippen LogP contribution is 2.27. The molecular formula is C23H28N4O2. The first-order chi connectivity index (χ1) is 14.1.